The number of alkyl carbamates (subject to hydrolysis) is 1. The van der Waals surface area contributed by atoms with Crippen LogP contribution in [0.2, 0.25) is 0 Å². The van der Waals surface area contributed by atoms with Crippen molar-refractivity contribution in [2.45, 2.75) is 64.1 Å². The van der Waals surface area contributed by atoms with Gasteiger partial charge in [-0.25, -0.2) is 9.59 Å². The zero-order valence-electron chi connectivity index (χ0n) is 23.3. The van der Waals surface area contributed by atoms with Crippen molar-refractivity contribution in [1.82, 2.24) is 19.8 Å². The zero-order valence-corrected chi connectivity index (χ0v) is 23.3. The summed E-state index contributed by atoms with van der Waals surface area (Å²) in [7, 11) is 0. The first-order chi connectivity index (χ1) is 19.4. The highest BCUT2D eigenvalue weighted by molar-refractivity contribution is 5.94. The van der Waals surface area contributed by atoms with E-state index in [9.17, 15) is 29.4 Å². The molecule has 218 valence electrons. The molecule has 2 amide bonds. The van der Waals surface area contributed by atoms with Crippen molar-refractivity contribution in [3.8, 4) is 0 Å². The molecule has 0 unspecified atom stereocenters. The minimum Gasteiger partial charge on any atom is -0.444 e. The van der Waals surface area contributed by atoms with Crippen LogP contribution < -0.4 is 16.6 Å². The molecule has 3 aromatic rings. The summed E-state index contributed by atoms with van der Waals surface area (Å²) < 4.78 is 6.47. The maximum atomic E-state index is 13.8. The smallest absolute Gasteiger partial charge is 0.407 e. The van der Waals surface area contributed by atoms with Crippen molar-refractivity contribution >= 4 is 12.0 Å². The minimum atomic E-state index is -1.26. The molecule has 41 heavy (non-hydrogen) atoms. The van der Waals surface area contributed by atoms with Gasteiger partial charge in [0.2, 0.25) is 0 Å². The van der Waals surface area contributed by atoms with Gasteiger partial charge in [-0.05, 0) is 50.5 Å². The van der Waals surface area contributed by atoms with E-state index in [1.165, 1.54) is 16.8 Å². The number of hydrogen-bond donors (Lipinski definition) is 4. The van der Waals surface area contributed by atoms with Gasteiger partial charge >= 0.3 is 11.8 Å². The Bertz CT molecular complexity index is 1460. The number of aliphatic hydroxyl groups is 2. The third-order valence-corrected chi connectivity index (χ3v) is 6.94. The fourth-order valence-electron chi connectivity index (χ4n) is 5.07. The first kappa shape index (κ1) is 29.8. The van der Waals surface area contributed by atoms with Crippen molar-refractivity contribution in [3.05, 3.63) is 104 Å². The highest BCUT2D eigenvalue weighted by Crippen LogP contribution is 2.36. The molecule has 0 aliphatic heterocycles. The van der Waals surface area contributed by atoms with E-state index in [0.717, 1.165) is 11.1 Å². The SMILES string of the molecule is CC(C)(C)OC(=O)NCc1ccc(C(=O)N(Cc2ccccc2)C[C@@H]2C[C@H](O)[C@H](O)[C@H]2n2ccc(=O)[nH]c2=O)cc1. The predicted molar refractivity (Wildman–Crippen MR) is 151 cm³/mol. The lowest BCUT2D eigenvalue weighted by molar-refractivity contribution is 0.0205. The molecule has 1 aliphatic carbocycles. The molecule has 0 saturated heterocycles. The van der Waals surface area contributed by atoms with Crippen molar-refractivity contribution in [2.75, 3.05) is 6.54 Å². The second-order valence-corrected chi connectivity index (χ2v) is 11.3. The van der Waals surface area contributed by atoms with E-state index >= 15 is 0 Å². The second-order valence-electron chi connectivity index (χ2n) is 11.3. The van der Waals surface area contributed by atoms with Gasteiger partial charge in [0.1, 0.15) is 11.7 Å². The lowest BCUT2D eigenvalue weighted by Gasteiger charge is -2.30. The lowest BCUT2D eigenvalue weighted by atomic mass is 10.00. The normalized spacial score (nSPS) is 20.4. The highest BCUT2D eigenvalue weighted by Gasteiger charge is 2.44. The Hall–Kier alpha value is -4.22. The van der Waals surface area contributed by atoms with Gasteiger partial charge in [0.15, 0.2) is 0 Å². The van der Waals surface area contributed by atoms with Crippen LogP contribution in [-0.2, 0) is 17.8 Å². The molecule has 4 N–H and O–H groups in total. The van der Waals surface area contributed by atoms with Crippen LogP contribution in [0, 0.1) is 5.92 Å². The Morgan fingerprint density at radius 2 is 1.71 bits per heavy atom. The monoisotopic (exact) mass is 564 g/mol. The molecule has 11 heteroatoms. The number of ether oxygens (including phenoxy) is 1. The molecule has 0 radical (unpaired) electrons. The van der Waals surface area contributed by atoms with Gasteiger partial charge in [0, 0.05) is 43.4 Å². The zero-order chi connectivity index (χ0) is 29.7. The van der Waals surface area contributed by atoms with Crippen LogP contribution in [0.5, 0.6) is 0 Å². The summed E-state index contributed by atoms with van der Waals surface area (Å²) in [5, 5.41) is 24.0. The van der Waals surface area contributed by atoms with E-state index < -0.39 is 47.1 Å². The van der Waals surface area contributed by atoms with Gasteiger partial charge in [-0.2, -0.15) is 0 Å². The van der Waals surface area contributed by atoms with Gasteiger partial charge in [-0.1, -0.05) is 42.5 Å². The number of nitrogens with zero attached hydrogens (tertiary/aromatic N) is 2. The summed E-state index contributed by atoms with van der Waals surface area (Å²) in [5.74, 6) is -0.752. The maximum absolute atomic E-state index is 13.8. The van der Waals surface area contributed by atoms with Crippen molar-refractivity contribution < 1.29 is 24.5 Å². The number of aromatic nitrogens is 2. The Balaban J connectivity index is 1.55. The van der Waals surface area contributed by atoms with Gasteiger partial charge in [-0.3, -0.25) is 19.1 Å². The van der Waals surface area contributed by atoms with Gasteiger partial charge < -0.3 is 25.2 Å². The van der Waals surface area contributed by atoms with E-state index in [2.05, 4.69) is 10.3 Å². The van der Waals surface area contributed by atoms with E-state index in [1.54, 1.807) is 49.9 Å². The number of carbonyl (C=O) groups excluding carboxylic acids is 2. The fraction of sp³-hybridized carbons (Fsp3) is 0.400. The number of aliphatic hydroxyl groups excluding tert-OH is 2. The molecule has 4 rings (SSSR count). The average molecular weight is 565 g/mol. The van der Waals surface area contributed by atoms with Crippen molar-refractivity contribution in [1.29, 1.82) is 0 Å². The summed E-state index contributed by atoms with van der Waals surface area (Å²) in [6.45, 7) is 5.97. The maximum Gasteiger partial charge on any atom is 0.407 e. The molecule has 1 aliphatic rings. The number of amides is 2. The lowest BCUT2D eigenvalue weighted by Crippen LogP contribution is -2.42. The topological polar surface area (TPSA) is 154 Å². The molecule has 1 aromatic heterocycles. The van der Waals surface area contributed by atoms with Crippen molar-refractivity contribution in [2.24, 2.45) is 5.92 Å². The van der Waals surface area contributed by atoms with Gasteiger partial charge in [0.05, 0.1) is 12.1 Å². The molecule has 1 heterocycles. The molecule has 1 saturated carbocycles. The molecule has 11 nitrogen and oxygen atoms in total. The van der Waals surface area contributed by atoms with E-state index in [-0.39, 0.29) is 32.0 Å². The van der Waals surface area contributed by atoms with E-state index in [1.807, 2.05) is 30.3 Å². The molecule has 0 spiro atoms. The summed E-state index contributed by atoms with van der Waals surface area (Å²) >= 11 is 0. The van der Waals surface area contributed by atoms with E-state index in [0.29, 0.717) is 5.56 Å². The van der Waals surface area contributed by atoms with Gasteiger partial charge in [0.25, 0.3) is 11.5 Å². The summed E-state index contributed by atoms with van der Waals surface area (Å²) in [6.07, 6.45) is -1.44. The first-order valence-corrected chi connectivity index (χ1v) is 13.5. The van der Waals surface area contributed by atoms with Gasteiger partial charge in [-0.15, -0.1) is 0 Å². The fourth-order valence-corrected chi connectivity index (χ4v) is 5.07. The Kier molecular flexibility index (Phi) is 9.09. The van der Waals surface area contributed by atoms with Crippen LogP contribution >= 0.6 is 0 Å². The van der Waals surface area contributed by atoms with Crippen LogP contribution in [0.25, 0.3) is 0 Å². The average Bonchev–Trinajstić information content (AvgIpc) is 3.19. The number of aromatic amines is 1. The van der Waals surface area contributed by atoms with Crippen LogP contribution in [0.15, 0.2) is 76.4 Å². The van der Waals surface area contributed by atoms with Crippen LogP contribution in [-0.4, -0.2) is 61.0 Å². The van der Waals surface area contributed by atoms with Crippen LogP contribution in [0.3, 0.4) is 0 Å². The molecule has 4 atom stereocenters. The number of benzene rings is 2. The highest BCUT2D eigenvalue weighted by atomic mass is 16.6. The van der Waals surface area contributed by atoms with Crippen LogP contribution in [0.1, 0.15) is 54.7 Å². The number of carbonyl (C=O) groups is 2. The Labute approximate surface area is 237 Å². The standard InChI is InChI=1S/C30H36N4O7/c1-30(2,3)41-29(40)31-16-19-9-11-21(12-10-19)27(38)33(17-20-7-5-4-6-8-20)18-22-15-23(35)26(37)25(22)34-14-13-24(36)32-28(34)39/h4-14,22-23,25-26,35,37H,15-18H2,1-3H3,(H,31,40)(H,32,36,39)/t22-,23-,25-,26-/m0/s1. The largest absolute Gasteiger partial charge is 0.444 e. The quantitative estimate of drug-likeness (QED) is 0.327. The molecule has 2 aromatic carbocycles. The number of rotatable bonds is 8. The summed E-state index contributed by atoms with van der Waals surface area (Å²) in [6, 6.07) is 16.6. The molecular formula is C30H36N4O7. The second kappa shape index (κ2) is 12.5. The third-order valence-electron chi connectivity index (χ3n) is 6.94. The minimum absolute atomic E-state index is 0.139. The summed E-state index contributed by atoms with van der Waals surface area (Å²) in [5.41, 5.74) is 0.202. The summed E-state index contributed by atoms with van der Waals surface area (Å²) in [4.78, 5) is 53.7. The number of hydrogen-bond acceptors (Lipinski definition) is 7. The Morgan fingerprint density at radius 3 is 2.34 bits per heavy atom. The molecule has 0 bridgehead atoms. The number of H-pyrrole nitrogens is 1. The Morgan fingerprint density at radius 1 is 1.02 bits per heavy atom. The first-order valence-electron chi connectivity index (χ1n) is 13.5. The molecular weight excluding hydrogens is 528 g/mol. The van der Waals surface area contributed by atoms with E-state index in [4.69, 9.17) is 4.74 Å². The van der Waals surface area contributed by atoms with Crippen molar-refractivity contribution in [3.63, 3.8) is 0 Å². The number of nitrogens with one attached hydrogen (secondary N) is 2. The third kappa shape index (κ3) is 7.71. The van der Waals surface area contributed by atoms with Crippen LogP contribution in [0.4, 0.5) is 4.79 Å². The predicted octanol–water partition coefficient (Wildman–Crippen LogP) is 2.19. The molecule has 1 fully saturated rings.